The van der Waals surface area contributed by atoms with E-state index < -0.39 is 5.60 Å². The van der Waals surface area contributed by atoms with Gasteiger partial charge in [-0.25, -0.2) is 0 Å². The fourth-order valence-electron chi connectivity index (χ4n) is 3.26. The lowest BCUT2D eigenvalue weighted by Gasteiger charge is -2.29. The van der Waals surface area contributed by atoms with Gasteiger partial charge in [0.25, 0.3) is 0 Å². The molecule has 1 atom stereocenters. The molecule has 1 aliphatic rings. The van der Waals surface area contributed by atoms with E-state index in [4.69, 9.17) is 0 Å². The third-order valence-electron chi connectivity index (χ3n) is 4.39. The topological polar surface area (TPSA) is 41.3 Å². The maximum absolute atomic E-state index is 9.72. The SMILES string of the molecule is CCC[NH+]1CCC([NH2+][C@H](C)CCCC(C)(C)O)CC1. The fourth-order valence-corrected chi connectivity index (χ4v) is 3.26. The molecule has 0 radical (unpaired) electrons. The van der Waals surface area contributed by atoms with E-state index in [2.05, 4.69) is 19.2 Å². The molecule has 0 aliphatic carbocycles. The quantitative estimate of drug-likeness (QED) is 0.586. The minimum Gasteiger partial charge on any atom is -0.390 e. The minimum absolute atomic E-state index is 0.491. The van der Waals surface area contributed by atoms with Crippen LogP contribution in [0.1, 0.15) is 66.2 Å². The van der Waals surface area contributed by atoms with Crippen LogP contribution in [0.2, 0.25) is 0 Å². The molecule has 0 bridgehead atoms. The number of hydrogen-bond donors (Lipinski definition) is 3. The van der Waals surface area contributed by atoms with Crippen LogP contribution in [0.15, 0.2) is 0 Å². The predicted octanol–water partition coefficient (Wildman–Crippen LogP) is 0.337. The first kappa shape index (κ1) is 16.9. The monoisotopic (exact) mass is 272 g/mol. The first-order valence-corrected chi connectivity index (χ1v) is 8.31. The van der Waals surface area contributed by atoms with E-state index in [1.54, 1.807) is 0 Å². The Hall–Kier alpha value is -0.120. The van der Waals surface area contributed by atoms with E-state index in [1.165, 1.54) is 45.3 Å². The van der Waals surface area contributed by atoms with Gasteiger partial charge >= 0.3 is 0 Å². The summed E-state index contributed by atoms with van der Waals surface area (Å²) in [4.78, 5) is 1.81. The lowest BCUT2D eigenvalue weighted by Crippen LogP contribution is -3.15. The summed E-state index contributed by atoms with van der Waals surface area (Å²) in [7, 11) is 0. The number of hydrogen-bond acceptors (Lipinski definition) is 1. The molecule has 0 spiro atoms. The van der Waals surface area contributed by atoms with Crippen LogP contribution < -0.4 is 10.2 Å². The minimum atomic E-state index is -0.491. The van der Waals surface area contributed by atoms with Crippen molar-refractivity contribution >= 4 is 0 Å². The summed E-state index contributed by atoms with van der Waals surface area (Å²) in [6.07, 6.45) is 7.37. The lowest BCUT2D eigenvalue weighted by molar-refractivity contribution is -0.914. The highest BCUT2D eigenvalue weighted by Crippen LogP contribution is 2.12. The molecule has 1 rings (SSSR count). The number of nitrogens with two attached hydrogens (primary N) is 1. The van der Waals surface area contributed by atoms with Gasteiger partial charge in [-0.3, -0.25) is 0 Å². The Balaban J connectivity index is 2.11. The Morgan fingerprint density at radius 1 is 1.32 bits per heavy atom. The summed E-state index contributed by atoms with van der Waals surface area (Å²) in [6, 6.07) is 1.55. The van der Waals surface area contributed by atoms with Gasteiger partial charge in [0.15, 0.2) is 0 Å². The van der Waals surface area contributed by atoms with E-state index in [1.807, 2.05) is 18.7 Å². The Labute approximate surface area is 119 Å². The Kier molecular flexibility index (Phi) is 7.33. The maximum atomic E-state index is 9.72. The number of rotatable bonds is 8. The molecular weight excluding hydrogens is 236 g/mol. The molecule has 0 aromatic rings. The standard InChI is InChI=1S/C16H34N2O/c1-5-11-18-12-8-15(9-13-18)17-14(2)7-6-10-16(3,4)19/h14-15,17,19H,5-13H2,1-4H3/p+2/t14-/m1/s1. The Morgan fingerprint density at radius 3 is 2.47 bits per heavy atom. The van der Waals surface area contributed by atoms with Crippen molar-refractivity contribution in [2.45, 2.75) is 83.9 Å². The molecule has 0 unspecified atom stereocenters. The highest BCUT2D eigenvalue weighted by atomic mass is 16.3. The van der Waals surface area contributed by atoms with Crippen LogP contribution in [0, 0.1) is 0 Å². The van der Waals surface area contributed by atoms with E-state index in [-0.39, 0.29) is 0 Å². The second-order valence-electron chi connectivity index (χ2n) is 7.21. The molecule has 114 valence electrons. The Bertz CT molecular complexity index is 229. The van der Waals surface area contributed by atoms with Crippen LogP contribution in [0.4, 0.5) is 0 Å². The van der Waals surface area contributed by atoms with Gasteiger partial charge in [0.05, 0.1) is 37.3 Å². The maximum Gasteiger partial charge on any atom is 0.0969 e. The molecule has 4 N–H and O–H groups in total. The zero-order valence-corrected chi connectivity index (χ0v) is 13.5. The second kappa shape index (κ2) is 8.23. The van der Waals surface area contributed by atoms with E-state index >= 15 is 0 Å². The van der Waals surface area contributed by atoms with Crippen molar-refractivity contribution in [1.29, 1.82) is 0 Å². The number of likely N-dealkylation sites (tertiary alicyclic amines) is 1. The molecule has 3 heteroatoms. The van der Waals surface area contributed by atoms with Crippen LogP contribution in [0.5, 0.6) is 0 Å². The zero-order valence-electron chi connectivity index (χ0n) is 13.5. The molecular formula is C16H36N2O+2. The van der Waals surface area contributed by atoms with Crippen molar-refractivity contribution in [3.8, 4) is 0 Å². The third-order valence-corrected chi connectivity index (χ3v) is 4.39. The van der Waals surface area contributed by atoms with Crippen LogP contribution >= 0.6 is 0 Å². The number of piperidine rings is 1. The van der Waals surface area contributed by atoms with Crippen molar-refractivity contribution < 1.29 is 15.3 Å². The highest BCUT2D eigenvalue weighted by molar-refractivity contribution is 4.66. The molecule has 0 aromatic heterocycles. The Morgan fingerprint density at radius 2 is 1.95 bits per heavy atom. The lowest BCUT2D eigenvalue weighted by atomic mass is 9.98. The smallest absolute Gasteiger partial charge is 0.0969 e. The summed E-state index contributed by atoms with van der Waals surface area (Å²) < 4.78 is 0. The van der Waals surface area contributed by atoms with Crippen molar-refractivity contribution in [3.05, 3.63) is 0 Å². The summed E-state index contributed by atoms with van der Waals surface area (Å²) in [5.41, 5.74) is -0.491. The molecule has 0 saturated carbocycles. The van der Waals surface area contributed by atoms with Gasteiger partial charge in [-0.05, 0) is 46.5 Å². The van der Waals surface area contributed by atoms with Crippen molar-refractivity contribution in [2.75, 3.05) is 19.6 Å². The molecule has 3 nitrogen and oxygen atoms in total. The van der Waals surface area contributed by atoms with Gasteiger partial charge in [-0.15, -0.1) is 0 Å². The van der Waals surface area contributed by atoms with Gasteiger partial charge < -0.3 is 15.3 Å². The van der Waals surface area contributed by atoms with Gasteiger partial charge in [0.1, 0.15) is 0 Å². The molecule has 1 heterocycles. The average Bonchev–Trinajstić information content (AvgIpc) is 2.30. The van der Waals surface area contributed by atoms with E-state index in [9.17, 15) is 5.11 Å². The van der Waals surface area contributed by atoms with Gasteiger partial charge in [-0.2, -0.15) is 0 Å². The van der Waals surface area contributed by atoms with Crippen LogP contribution in [0.25, 0.3) is 0 Å². The van der Waals surface area contributed by atoms with Gasteiger partial charge in [0, 0.05) is 12.8 Å². The average molecular weight is 272 g/mol. The van der Waals surface area contributed by atoms with Crippen molar-refractivity contribution in [1.82, 2.24) is 0 Å². The molecule has 1 aliphatic heterocycles. The summed E-state index contributed by atoms with van der Waals surface area (Å²) in [5.74, 6) is 0. The fraction of sp³-hybridized carbons (Fsp3) is 1.00. The van der Waals surface area contributed by atoms with Crippen LogP contribution in [-0.4, -0.2) is 42.4 Å². The van der Waals surface area contributed by atoms with Crippen molar-refractivity contribution in [3.63, 3.8) is 0 Å². The van der Waals surface area contributed by atoms with Crippen LogP contribution in [-0.2, 0) is 0 Å². The number of quaternary nitrogens is 2. The normalized spacial score (nSPS) is 26.4. The van der Waals surface area contributed by atoms with Gasteiger partial charge in [0.2, 0.25) is 0 Å². The van der Waals surface area contributed by atoms with Crippen LogP contribution in [0.3, 0.4) is 0 Å². The highest BCUT2D eigenvalue weighted by Gasteiger charge is 2.25. The molecule has 19 heavy (non-hydrogen) atoms. The summed E-state index contributed by atoms with van der Waals surface area (Å²) in [6.45, 7) is 12.5. The summed E-state index contributed by atoms with van der Waals surface area (Å²) >= 11 is 0. The van der Waals surface area contributed by atoms with Gasteiger partial charge in [-0.1, -0.05) is 6.92 Å². The number of aliphatic hydroxyl groups is 1. The summed E-state index contributed by atoms with van der Waals surface area (Å²) in [5, 5.41) is 12.3. The second-order valence-corrected chi connectivity index (χ2v) is 7.21. The molecule has 0 amide bonds. The van der Waals surface area contributed by atoms with Crippen molar-refractivity contribution in [2.24, 2.45) is 0 Å². The first-order valence-electron chi connectivity index (χ1n) is 8.31. The molecule has 1 fully saturated rings. The van der Waals surface area contributed by atoms with E-state index in [0.717, 1.165) is 18.9 Å². The predicted molar refractivity (Wildman–Crippen MR) is 80.4 cm³/mol. The largest absolute Gasteiger partial charge is 0.390 e. The van der Waals surface area contributed by atoms with E-state index in [0.29, 0.717) is 6.04 Å². The third kappa shape index (κ3) is 7.91. The zero-order chi connectivity index (χ0) is 14.3. The molecule has 0 aromatic carbocycles. The first-order chi connectivity index (χ1) is 8.90. The molecule has 1 saturated heterocycles. The number of nitrogens with one attached hydrogen (secondary N) is 1.